The Morgan fingerprint density at radius 2 is 1.81 bits per heavy atom. The predicted octanol–water partition coefficient (Wildman–Crippen LogP) is 2.51. The maximum Gasteiger partial charge on any atom is 0.332 e. The highest BCUT2D eigenvalue weighted by molar-refractivity contribution is 7.09. The number of fused-ring (bicyclic) bond motifs is 1. The Labute approximate surface area is 180 Å². The van der Waals surface area contributed by atoms with Crippen LogP contribution in [-0.4, -0.2) is 25.8 Å². The SMILES string of the molecule is CC(=O)c1ccc(NC(=O)Cn2c(=O)n(Cc3cccs3)c(=O)c3ncccc32)cc1. The number of nitrogens with zero attached hydrogens (tertiary/aromatic N) is 3. The lowest BCUT2D eigenvalue weighted by atomic mass is 10.1. The molecule has 9 heteroatoms. The second-order valence-electron chi connectivity index (χ2n) is 6.89. The summed E-state index contributed by atoms with van der Waals surface area (Å²) >= 11 is 1.43. The Bertz CT molecular complexity index is 1390. The lowest BCUT2D eigenvalue weighted by Crippen LogP contribution is -2.42. The van der Waals surface area contributed by atoms with Gasteiger partial charge in [-0.1, -0.05) is 6.07 Å². The van der Waals surface area contributed by atoms with Crippen LogP contribution in [0, 0.1) is 0 Å². The van der Waals surface area contributed by atoms with E-state index in [9.17, 15) is 19.2 Å². The largest absolute Gasteiger partial charge is 0.332 e. The first-order chi connectivity index (χ1) is 14.9. The number of rotatable bonds is 6. The fourth-order valence-corrected chi connectivity index (χ4v) is 3.92. The third kappa shape index (κ3) is 4.22. The molecule has 0 aliphatic heterocycles. The van der Waals surface area contributed by atoms with E-state index in [0.29, 0.717) is 16.8 Å². The van der Waals surface area contributed by atoms with Crippen LogP contribution in [0.2, 0.25) is 0 Å². The zero-order chi connectivity index (χ0) is 22.0. The molecule has 0 saturated heterocycles. The summed E-state index contributed by atoms with van der Waals surface area (Å²) in [6, 6.07) is 13.3. The summed E-state index contributed by atoms with van der Waals surface area (Å²) in [5.41, 5.74) is 0.370. The molecule has 0 aliphatic rings. The molecule has 0 saturated carbocycles. The molecule has 4 aromatic rings. The number of nitrogens with one attached hydrogen (secondary N) is 1. The highest BCUT2D eigenvalue weighted by Crippen LogP contribution is 2.12. The average Bonchev–Trinajstić information content (AvgIpc) is 3.28. The number of hydrogen-bond acceptors (Lipinski definition) is 6. The van der Waals surface area contributed by atoms with E-state index < -0.39 is 17.2 Å². The molecule has 3 aromatic heterocycles. The number of amides is 1. The average molecular weight is 434 g/mol. The molecule has 0 radical (unpaired) electrons. The van der Waals surface area contributed by atoms with Gasteiger partial charge in [0.1, 0.15) is 6.54 Å². The Kier molecular flexibility index (Phi) is 5.59. The Balaban J connectivity index is 1.69. The number of aromatic nitrogens is 3. The van der Waals surface area contributed by atoms with Crippen molar-refractivity contribution in [2.24, 2.45) is 0 Å². The van der Waals surface area contributed by atoms with Crippen LogP contribution in [0.1, 0.15) is 22.2 Å². The van der Waals surface area contributed by atoms with Gasteiger partial charge in [0, 0.05) is 22.3 Å². The van der Waals surface area contributed by atoms with Gasteiger partial charge in [0.05, 0.1) is 12.1 Å². The fourth-order valence-electron chi connectivity index (χ4n) is 3.23. The van der Waals surface area contributed by atoms with E-state index in [1.807, 2.05) is 17.5 Å². The summed E-state index contributed by atoms with van der Waals surface area (Å²) < 4.78 is 2.34. The van der Waals surface area contributed by atoms with E-state index in [0.717, 1.165) is 9.44 Å². The van der Waals surface area contributed by atoms with Crippen LogP contribution >= 0.6 is 11.3 Å². The highest BCUT2D eigenvalue weighted by atomic mass is 32.1. The molecule has 4 rings (SSSR count). The van der Waals surface area contributed by atoms with Crippen molar-refractivity contribution in [3.05, 3.63) is 91.4 Å². The zero-order valence-corrected chi connectivity index (χ0v) is 17.4. The molecule has 1 aromatic carbocycles. The van der Waals surface area contributed by atoms with E-state index in [4.69, 9.17) is 0 Å². The number of hydrogen-bond donors (Lipinski definition) is 1. The van der Waals surface area contributed by atoms with Crippen LogP contribution in [-0.2, 0) is 17.9 Å². The van der Waals surface area contributed by atoms with Crippen molar-refractivity contribution in [3.8, 4) is 0 Å². The van der Waals surface area contributed by atoms with Gasteiger partial charge in [0.25, 0.3) is 5.56 Å². The van der Waals surface area contributed by atoms with Crippen LogP contribution in [0.4, 0.5) is 5.69 Å². The van der Waals surface area contributed by atoms with Gasteiger partial charge in [-0.25, -0.2) is 9.78 Å². The number of benzene rings is 1. The highest BCUT2D eigenvalue weighted by Gasteiger charge is 2.17. The number of anilines is 1. The van der Waals surface area contributed by atoms with Crippen molar-refractivity contribution in [1.82, 2.24) is 14.1 Å². The van der Waals surface area contributed by atoms with E-state index in [1.54, 1.807) is 36.4 Å². The second kappa shape index (κ2) is 8.49. The number of pyridine rings is 1. The van der Waals surface area contributed by atoms with Crippen LogP contribution < -0.4 is 16.6 Å². The van der Waals surface area contributed by atoms with Gasteiger partial charge in [-0.3, -0.25) is 23.5 Å². The molecular formula is C22H18N4O4S. The minimum atomic E-state index is -0.582. The molecule has 0 fully saturated rings. The quantitative estimate of drug-likeness (QED) is 0.470. The number of carbonyl (C=O) groups excluding carboxylic acids is 2. The van der Waals surface area contributed by atoms with Gasteiger partial charge in [-0.2, -0.15) is 0 Å². The first kappa shape index (κ1) is 20.4. The number of thiophene rings is 1. The molecule has 0 unspecified atom stereocenters. The summed E-state index contributed by atoms with van der Waals surface area (Å²) in [7, 11) is 0. The van der Waals surface area contributed by atoms with Gasteiger partial charge < -0.3 is 5.32 Å². The molecule has 8 nitrogen and oxygen atoms in total. The molecule has 156 valence electrons. The van der Waals surface area contributed by atoms with Gasteiger partial charge >= 0.3 is 5.69 Å². The Morgan fingerprint density at radius 1 is 1.03 bits per heavy atom. The first-order valence-electron chi connectivity index (χ1n) is 9.45. The molecule has 31 heavy (non-hydrogen) atoms. The molecule has 0 aliphatic carbocycles. The predicted molar refractivity (Wildman–Crippen MR) is 119 cm³/mol. The van der Waals surface area contributed by atoms with Gasteiger partial charge in [-0.05, 0) is 54.8 Å². The summed E-state index contributed by atoms with van der Waals surface area (Å²) in [4.78, 5) is 55.0. The molecular weight excluding hydrogens is 416 g/mol. The summed E-state index contributed by atoms with van der Waals surface area (Å²) in [6.07, 6.45) is 1.48. The number of carbonyl (C=O) groups is 2. The first-order valence-corrected chi connectivity index (χ1v) is 10.3. The molecule has 1 amide bonds. The van der Waals surface area contributed by atoms with E-state index in [1.165, 1.54) is 29.0 Å². The number of ketones is 1. The Hall–Kier alpha value is -3.85. The van der Waals surface area contributed by atoms with Crippen LogP contribution in [0.5, 0.6) is 0 Å². The van der Waals surface area contributed by atoms with Crippen molar-refractivity contribution >= 4 is 39.7 Å². The zero-order valence-electron chi connectivity index (χ0n) is 16.6. The minimum absolute atomic E-state index is 0.0728. The van der Waals surface area contributed by atoms with E-state index in [-0.39, 0.29) is 24.4 Å². The van der Waals surface area contributed by atoms with Crippen molar-refractivity contribution in [2.75, 3.05) is 5.32 Å². The lowest BCUT2D eigenvalue weighted by Gasteiger charge is -2.13. The van der Waals surface area contributed by atoms with Crippen molar-refractivity contribution in [3.63, 3.8) is 0 Å². The third-order valence-corrected chi connectivity index (χ3v) is 5.62. The summed E-state index contributed by atoms with van der Waals surface area (Å²) in [6.45, 7) is 1.28. The fraction of sp³-hybridized carbons (Fsp3) is 0.136. The molecule has 0 bridgehead atoms. The van der Waals surface area contributed by atoms with E-state index in [2.05, 4.69) is 10.3 Å². The topological polar surface area (TPSA) is 103 Å². The standard InChI is InChI=1S/C22H18N4O4S/c1-14(27)15-6-8-16(9-7-15)24-19(28)13-25-18-5-2-10-23-20(18)21(29)26(22(25)30)12-17-4-3-11-31-17/h2-11H,12-13H2,1H3,(H,24,28). The van der Waals surface area contributed by atoms with Crippen LogP contribution in [0.3, 0.4) is 0 Å². The molecule has 1 N–H and O–H groups in total. The maximum absolute atomic E-state index is 13.1. The molecule has 0 atom stereocenters. The van der Waals surface area contributed by atoms with Crippen molar-refractivity contribution < 1.29 is 9.59 Å². The Morgan fingerprint density at radius 3 is 2.48 bits per heavy atom. The summed E-state index contributed by atoms with van der Waals surface area (Å²) in [5, 5.41) is 4.58. The minimum Gasteiger partial charge on any atom is -0.325 e. The van der Waals surface area contributed by atoms with Gasteiger partial charge in [0.2, 0.25) is 5.91 Å². The second-order valence-corrected chi connectivity index (χ2v) is 7.92. The van der Waals surface area contributed by atoms with Crippen LogP contribution in [0.25, 0.3) is 11.0 Å². The molecule has 0 spiro atoms. The summed E-state index contributed by atoms with van der Waals surface area (Å²) in [5.74, 6) is -0.513. The number of Topliss-reactive ketones (excluding diaryl/α,β-unsaturated/α-hetero) is 1. The maximum atomic E-state index is 13.1. The molecule has 3 heterocycles. The lowest BCUT2D eigenvalue weighted by molar-refractivity contribution is -0.116. The monoisotopic (exact) mass is 434 g/mol. The van der Waals surface area contributed by atoms with Crippen molar-refractivity contribution in [1.29, 1.82) is 0 Å². The van der Waals surface area contributed by atoms with Crippen molar-refractivity contribution in [2.45, 2.75) is 20.0 Å². The smallest absolute Gasteiger partial charge is 0.325 e. The van der Waals surface area contributed by atoms with Crippen LogP contribution in [0.15, 0.2) is 69.7 Å². The van der Waals surface area contributed by atoms with E-state index >= 15 is 0 Å². The third-order valence-electron chi connectivity index (χ3n) is 4.76. The van der Waals surface area contributed by atoms with Gasteiger partial charge in [0.15, 0.2) is 11.3 Å². The van der Waals surface area contributed by atoms with Gasteiger partial charge in [-0.15, -0.1) is 11.3 Å². The normalized spacial score (nSPS) is 10.9.